The van der Waals surface area contributed by atoms with Gasteiger partial charge in [0.2, 0.25) is 10.0 Å². The van der Waals surface area contributed by atoms with Crippen molar-refractivity contribution in [2.75, 3.05) is 20.8 Å². The van der Waals surface area contributed by atoms with E-state index in [9.17, 15) is 12.8 Å². The topological polar surface area (TPSA) is 64.6 Å². The molecule has 0 saturated heterocycles. The van der Waals surface area contributed by atoms with Crippen molar-refractivity contribution >= 4 is 10.0 Å². The lowest BCUT2D eigenvalue weighted by Crippen LogP contribution is -2.30. The van der Waals surface area contributed by atoms with Crippen molar-refractivity contribution in [3.63, 3.8) is 0 Å². The fourth-order valence-electron chi connectivity index (χ4n) is 2.39. The average Bonchev–Trinajstić information content (AvgIpc) is 2.56. The third kappa shape index (κ3) is 4.11. The van der Waals surface area contributed by atoms with Crippen LogP contribution in [0.15, 0.2) is 47.4 Å². The summed E-state index contributed by atoms with van der Waals surface area (Å²) in [5.74, 6) is -0.577. The summed E-state index contributed by atoms with van der Waals surface area (Å²) in [6, 6.07) is 10.9. The molecule has 0 aliphatic rings. The zero-order chi connectivity index (χ0) is 17.7. The van der Waals surface area contributed by atoms with Crippen LogP contribution >= 0.6 is 0 Å². The van der Waals surface area contributed by atoms with Crippen LogP contribution in [0, 0.1) is 12.7 Å². The predicted octanol–water partition coefficient (Wildman–Crippen LogP) is 2.81. The fourth-order valence-corrected chi connectivity index (χ4v) is 3.60. The molecule has 0 saturated carbocycles. The van der Waals surface area contributed by atoms with Gasteiger partial charge in [-0.3, -0.25) is 0 Å². The number of halogens is 1. The van der Waals surface area contributed by atoms with Crippen LogP contribution in [-0.2, 0) is 14.8 Å². The molecule has 0 radical (unpaired) electrons. The second-order valence-electron chi connectivity index (χ2n) is 5.23. The first-order valence-corrected chi connectivity index (χ1v) is 8.79. The van der Waals surface area contributed by atoms with Gasteiger partial charge in [0.1, 0.15) is 16.5 Å². The molecule has 130 valence electrons. The van der Waals surface area contributed by atoms with E-state index < -0.39 is 21.9 Å². The van der Waals surface area contributed by atoms with E-state index in [4.69, 9.17) is 9.47 Å². The lowest BCUT2D eigenvalue weighted by atomic mass is 10.0. The summed E-state index contributed by atoms with van der Waals surface area (Å²) < 4.78 is 51.3. The average molecular weight is 353 g/mol. The van der Waals surface area contributed by atoms with E-state index in [-0.39, 0.29) is 17.2 Å². The summed E-state index contributed by atoms with van der Waals surface area (Å²) in [6.45, 7) is 1.94. The molecular weight excluding hydrogens is 333 g/mol. The molecule has 0 aliphatic heterocycles. The van der Waals surface area contributed by atoms with Crippen molar-refractivity contribution in [1.82, 2.24) is 4.72 Å². The molecule has 1 unspecified atom stereocenters. The van der Waals surface area contributed by atoms with E-state index in [2.05, 4.69) is 4.72 Å². The monoisotopic (exact) mass is 353 g/mol. The maximum absolute atomic E-state index is 13.4. The molecule has 1 N–H and O–H groups in total. The Bertz CT molecular complexity index is 808. The van der Waals surface area contributed by atoms with Gasteiger partial charge in [0.25, 0.3) is 0 Å². The largest absolute Gasteiger partial charge is 0.495 e. The molecular formula is C17H20FNO4S. The molecule has 0 aromatic heterocycles. The molecule has 2 aromatic carbocycles. The van der Waals surface area contributed by atoms with Gasteiger partial charge in [0.15, 0.2) is 0 Å². The molecule has 5 nitrogen and oxygen atoms in total. The fraction of sp³-hybridized carbons (Fsp3) is 0.294. The molecule has 0 amide bonds. The second-order valence-corrected chi connectivity index (χ2v) is 6.96. The van der Waals surface area contributed by atoms with E-state index in [1.807, 2.05) is 31.2 Å². The molecule has 0 fully saturated rings. The van der Waals surface area contributed by atoms with Crippen molar-refractivity contribution in [2.45, 2.75) is 17.9 Å². The summed E-state index contributed by atoms with van der Waals surface area (Å²) in [5.41, 5.74) is 1.88. The Kier molecular flexibility index (Phi) is 5.93. The normalized spacial score (nSPS) is 12.8. The van der Waals surface area contributed by atoms with Gasteiger partial charge >= 0.3 is 0 Å². The molecule has 0 heterocycles. The van der Waals surface area contributed by atoms with Crippen molar-refractivity contribution in [3.05, 3.63) is 59.4 Å². The van der Waals surface area contributed by atoms with E-state index >= 15 is 0 Å². The highest BCUT2D eigenvalue weighted by molar-refractivity contribution is 7.89. The molecule has 0 aliphatic carbocycles. The van der Waals surface area contributed by atoms with Crippen molar-refractivity contribution < 1.29 is 22.3 Å². The molecule has 2 aromatic rings. The number of benzene rings is 2. The van der Waals surface area contributed by atoms with Gasteiger partial charge in [-0.15, -0.1) is 0 Å². The van der Waals surface area contributed by atoms with Gasteiger partial charge in [-0.1, -0.05) is 24.3 Å². The SMILES string of the molecule is COc1ccc(F)cc1S(=O)(=O)NCC(OC)c1ccccc1C. The summed E-state index contributed by atoms with van der Waals surface area (Å²) in [4.78, 5) is -0.246. The van der Waals surface area contributed by atoms with Crippen LogP contribution in [-0.4, -0.2) is 29.2 Å². The summed E-state index contributed by atoms with van der Waals surface area (Å²) in [5, 5.41) is 0. The number of hydrogen-bond acceptors (Lipinski definition) is 4. The molecule has 0 spiro atoms. The smallest absolute Gasteiger partial charge is 0.244 e. The Balaban J connectivity index is 2.24. The summed E-state index contributed by atoms with van der Waals surface area (Å²) in [6.07, 6.45) is -0.458. The van der Waals surface area contributed by atoms with Gasteiger partial charge in [-0.25, -0.2) is 17.5 Å². The van der Waals surface area contributed by atoms with Crippen LogP contribution in [0.2, 0.25) is 0 Å². The van der Waals surface area contributed by atoms with Gasteiger partial charge in [0, 0.05) is 13.7 Å². The van der Waals surface area contributed by atoms with E-state index in [1.165, 1.54) is 20.3 Å². The third-order valence-electron chi connectivity index (χ3n) is 3.69. The molecule has 7 heteroatoms. The van der Waals surface area contributed by atoms with E-state index in [1.54, 1.807) is 0 Å². The number of nitrogens with one attached hydrogen (secondary N) is 1. The minimum absolute atomic E-state index is 0.0172. The first kappa shape index (κ1) is 18.4. The Morgan fingerprint density at radius 3 is 2.50 bits per heavy atom. The Morgan fingerprint density at radius 1 is 1.17 bits per heavy atom. The quantitative estimate of drug-likeness (QED) is 0.831. The first-order chi connectivity index (χ1) is 11.4. The number of ether oxygens (including phenoxy) is 2. The highest BCUT2D eigenvalue weighted by atomic mass is 32.2. The van der Waals surface area contributed by atoms with Crippen LogP contribution in [0.5, 0.6) is 5.75 Å². The predicted molar refractivity (Wildman–Crippen MR) is 89.1 cm³/mol. The number of methoxy groups -OCH3 is 2. The van der Waals surface area contributed by atoms with Gasteiger partial charge in [-0.2, -0.15) is 0 Å². The molecule has 2 rings (SSSR count). The van der Waals surface area contributed by atoms with E-state index in [0.29, 0.717) is 0 Å². The highest BCUT2D eigenvalue weighted by Gasteiger charge is 2.23. The van der Waals surface area contributed by atoms with Crippen LogP contribution in [0.4, 0.5) is 4.39 Å². The lowest BCUT2D eigenvalue weighted by Gasteiger charge is -2.19. The van der Waals surface area contributed by atoms with Crippen LogP contribution in [0.25, 0.3) is 0 Å². The zero-order valence-corrected chi connectivity index (χ0v) is 14.6. The maximum Gasteiger partial charge on any atom is 0.244 e. The number of sulfonamides is 1. The van der Waals surface area contributed by atoms with Crippen molar-refractivity contribution in [1.29, 1.82) is 0 Å². The lowest BCUT2D eigenvalue weighted by molar-refractivity contribution is 0.107. The molecule has 1 atom stereocenters. The standard InChI is InChI=1S/C17H20FNO4S/c1-12-6-4-5-7-14(12)16(23-3)11-19-24(20,21)17-10-13(18)8-9-15(17)22-2/h4-10,16,19H,11H2,1-3H3. The Labute approximate surface area is 141 Å². The first-order valence-electron chi connectivity index (χ1n) is 7.30. The Hall–Kier alpha value is -1.96. The van der Waals surface area contributed by atoms with Crippen LogP contribution in [0.3, 0.4) is 0 Å². The van der Waals surface area contributed by atoms with Gasteiger partial charge in [-0.05, 0) is 36.2 Å². The van der Waals surface area contributed by atoms with Crippen LogP contribution < -0.4 is 9.46 Å². The number of aryl methyl sites for hydroxylation is 1. The van der Waals surface area contributed by atoms with Crippen molar-refractivity contribution in [2.24, 2.45) is 0 Å². The molecule has 0 bridgehead atoms. The maximum atomic E-state index is 13.4. The molecule has 24 heavy (non-hydrogen) atoms. The Morgan fingerprint density at radius 2 is 1.88 bits per heavy atom. The van der Waals surface area contributed by atoms with Gasteiger partial charge in [0.05, 0.1) is 13.2 Å². The minimum atomic E-state index is -3.95. The van der Waals surface area contributed by atoms with E-state index in [0.717, 1.165) is 23.3 Å². The summed E-state index contributed by atoms with van der Waals surface area (Å²) >= 11 is 0. The summed E-state index contributed by atoms with van der Waals surface area (Å²) in [7, 11) is -1.11. The third-order valence-corrected chi connectivity index (χ3v) is 5.14. The van der Waals surface area contributed by atoms with Crippen molar-refractivity contribution in [3.8, 4) is 5.75 Å². The highest BCUT2D eigenvalue weighted by Crippen LogP contribution is 2.25. The minimum Gasteiger partial charge on any atom is -0.495 e. The number of hydrogen-bond donors (Lipinski definition) is 1. The van der Waals surface area contributed by atoms with Gasteiger partial charge < -0.3 is 9.47 Å². The second kappa shape index (κ2) is 7.74. The number of rotatable bonds is 7. The zero-order valence-electron chi connectivity index (χ0n) is 13.7. The van der Waals surface area contributed by atoms with Crippen LogP contribution in [0.1, 0.15) is 17.2 Å².